The Morgan fingerprint density at radius 2 is 1.14 bits per heavy atom. The summed E-state index contributed by atoms with van der Waals surface area (Å²) in [7, 11) is -3.76. The van der Waals surface area contributed by atoms with Gasteiger partial charge in [0, 0.05) is 6.16 Å². The number of allylic oxidation sites excluding steroid dienone is 2. The average molecular weight is 318 g/mol. The zero-order valence-corrected chi connectivity index (χ0v) is 14.7. The van der Waals surface area contributed by atoms with Crippen LogP contribution in [0.15, 0.2) is 12.2 Å². The van der Waals surface area contributed by atoms with Gasteiger partial charge in [-0.15, -0.1) is 0 Å². The van der Waals surface area contributed by atoms with Gasteiger partial charge in [-0.05, 0) is 32.1 Å². The topological polar surface area (TPSA) is 57.5 Å². The molecule has 0 spiro atoms. The monoisotopic (exact) mass is 318 g/mol. The summed E-state index contributed by atoms with van der Waals surface area (Å²) in [6.45, 7) is 2.25. The van der Waals surface area contributed by atoms with Crippen molar-refractivity contribution >= 4 is 7.60 Å². The van der Waals surface area contributed by atoms with Crippen molar-refractivity contribution in [1.82, 2.24) is 0 Å². The van der Waals surface area contributed by atoms with Gasteiger partial charge in [0.1, 0.15) is 0 Å². The van der Waals surface area contributed by atoms with E-state index in [1.807, 2.05) is 0 Å². The molecule has 0 heterocycles. The van der Waals surface area contributed by atoms with Gasteiger partial charge in [0.05, 0.1) is 0 Å². The lowest BCUT2D eigenvalue weighted by Crippen LogP contribution is -1.88. The molecule has 0 atom stereocenters. The molecular formula is C17H35O3P. The van der Waals surface area contributed by atoms with E-state index in [4.69, 9.17) is 9.79 Å². The molecule has 0 radical (unpaired) electrons. The zero-order valence-electron chi connectivity index (χ0n) is 13.8. The van der Waals surface area contributed by atoms with Gasteiger partial charge in [-0.1, -0.05) is 70.4 Å². The molecule has 0 aliphatic rings. The van der Waals surface area contributed by atoms with E-state index in [0.717, 1.165) is 19.3 Å². The molecule has 3 nitrogen and oxygen atoms in total. The van der Waals surface area contributed by atoms with E-state index in [9.17, 15) is 4.57 Å². The van der Waals surface area contributed by atoms with Crippen molar-refractivity contribution in [3.63, 3.8) is 0 Å². The van der Waals surface area contributed by atoms with Crippen molar-refractivity contribution in [1.29, 1.82) is 0 Å². The molecule has 2 N–H and O–H groups in total. The van der Waals surface area contributed by atoms with Crippen molar-refractivity contribution in [2.45, 2.75) is 90.4 Å². The summed E-state index contributed by atoms with van der Waals surface area (Å²) in [5.74, 6) is 0. The summed E-state index contributed by atoms with van der Waals surface area (Å²) in [6.07, 6.45) is 20.2. The third-order valence-corrected chi connectivity index (χ3v) is 4.61. The van der Waals surface area contributed by atoms with Crippen LogP contribution in [0.5, 0.6) is 0 Å². The van der Waals surface area contributed by atoms with Crippen LogP contribution in [-0.2, 0) is 4.57 Å². The number of rotatable bonds is 15. The molecule has 0 aliphatic carbocycles. The molecule has 0 saturated heterocycles. The van der Waals surface area contributed by atoms with Gasteiger partial charge >= 0.3 is 7.60 Å². The Morgan fingerprint density at radius 3 is 1.62 bits per heavy atom. The number of hydrogen-bond acceptors (Lipinski definition) is 1. The predicted molar refractivity (Wildman–Crippen MR) is 91.7 cm³/mol. The third kappa shape index (κ3) is 19.9. The van der Waals surface area contributed by atoms with Crippen LogP contribution in [0.3, 0.4) is 0 Å². The maximum Gasteiger partial charge on any atom is 0.325 e. The highest BCUT2D eigenvalue weighted by molar-refractivity contribution is 7.51. The van der Waals surface area contributed by atoms with Crippen molar-refractivity contribution in [3.8, 4) is 0 Å². The first-order valence-electron chi connectivity index (χ1n) is 8.76. The summed E-state index contributed by atoms with van der Waals surface area (Å²) in [6, 6.07) is 0. The normalized spacial score (nSPS) is 12.3. The van der Waals surface area contributed by atoms with Crippen LogP contribution in [0.25, 0.3) is 0 Å². The van der Waals surface area contributed by atoms with Crippen molar-refractivity contribution < 1.29 is 14.4 Å². The molecule has 0 aromatic carbocycles. The fourth-order valence-electron chi connectivity index (χ4n) is 2.39. The number of unbranched alkanes of at least 4 members (excludes halogenated alkanes) is 11. The van der Waals surface area contributed by atoms with Gasteiger partial charge in [-0.3, -0.25) is 4.57 Å². The Kier molecular flexibility index (Phi) is 14.7. The Balaban J connectivity index is 3.14. The van der Waals surface area contributed by atoms with Gasteiger partial charge in [0.2, 0.25) is 0 Å². The minimum absolute atomic E-state index is 0.0468. The minimum atomic E-state index is -3.76. The van der Waals surface area contributed by atoms with E-state index in [1.54, 1.807) is 0 Å². The highest BCUT2D eigenvalue weighted by Crippen LogP contribution is 2.35. The van der Waals surface area contributed by atoms with E-state index in [-0.39, 0.29) is 6.16 Å². The molecule has 126 valence electrons. The summed E-state index contributed by atoms with van der Waals surface area (Å²) in [5, 5.41) is 0. The van der Waals surface area contributed by atoms with E-state index in [1.165, 1.54) is 57.8 Å². The van der Waals surface area contributed by atoms with Crippen molar-refractivity contribution in [2.75, 3.05) is 6.16 Å². The molecule has 0 aromatic heterocycles. The average Bonchev–Trinajstić information content (AvgIpc) is 2.42. The SMILES string of the molecule is CCCCCCCC/C=C\CCCCCCCP(=O)(O)O. The van der Waals surface area contributed by atoms with E-state index in [2.05, 4.69) is 19.1 Å². The molecule has 0 rings (SSSR count). The second-order valence-electron chi connectivity index (χ2n) is 5.97. The lowest BCUT2D eigenvalue weighted by molar-refractivity contribution is 0.370. The number of hydrogen-bond donors (Lipinski definition) is 2. The summed E-state index contributed by atoms with van der Waals surface area (Å²) < 4.78 is 10.7. The Labute approximate surface area is 131 Å². The predicted octanol–water partition coefficient (Wildman–Crippen LogP) is 5.81. The van der Waals surface area contributed by atoms with E-state index in [0.29, 0.717) is 6.42 Å². The highest BCUT2D eigenvalue weighted by atomic mass is 31.2. The standard InChI is InChI=1S/C17H35O3P/c1-2-3-4-5-6-7-8-9-10-11-12-13-14-15-16-17-21(18,19)20/h9-10H,2-8,11-17H2,1H3,(H2,18,19,20)/b10-9-. The summed E-state index contributed by atoms with van der Waals surface area (Å²) in [5.41, 5.74) is 0. The molecule has 0 aromatic rings. The molecule has 0 aliphatic heterocycles. The maximum absolute atomic E-state index is 10.7. The molecule has 21 heavy (non-hydrogen) atoms. The first-order chi connectivity index (χ1) is 10.1. The molecule has 0 unspecified atom stereocenters. The van der Waals surface area contributed by atoms with Gasteiger partial charge in [0.25, 0.3) is 0 Å². The third-order valence-electron chi connectivity index (χ3n) is 3.71. The van der Waals surface area contributed by atoms with Crippen LogP contribution in [0.4, 0.5) is 0 Å². The highest BCUT2D eigenvalue weighted by Gasteiger charge is 2.10. The largest absolute Gasteiger partial charge is 0.325 e. The molecule has 0 fully saturated rings. The van der Waals surface area contributed by atoms with Gasteiger partial charge in [0.15, 0.2) is 0 Å². The van der Waals surface area contributed by atoms with Gasteiger partial charge in [-0.25, -0.2) is 0 Å². The summed E-state index contributed by atoms with van der Waals surface area (Å²) in [4.78, 5) is 17.4. The summed E-state index contributed by atoms with van der Waals surface area (Å²) >= 11 is 0. The Morgan fingerprint density at radius 1 is 0.714 bits per heavy atom. The van der Waals surface area contributed by atoms with Crippen LogP contribution in [0.1, 0.15) is 90.4 Å². The first kappa shape index (κ1) is 20.9. The molecule has 4 heteroatoms. The van der Waals surface area contributed by atoms with Gasteiger partial charge in [-0.2, -0.15) is 0 Å². The van der Waals surface area contributed by atoms with Crippen LogP contribution in [0, 0.1) is 0 Å². The lowest BCUT2D eigenvalue weighted by atomic mass is 10.1. The molecule has 0 saturated carbocycles. The first-order valence-corrected chi connectivity index (χ1v) is 10.6. The minimum Gasteiger partial charge on any atom is -0.324 e. The molecular weight excluding hydrogens is 283 g/mol. The maximum atomic E-state index is 10.7. The van der Waals surface area contributed by atoms with Crippen molar-refractivity contribution in [2.24, 2.45) is 0 Å². The Bertz CT molecular complexity index is 284. The lowest BCUT2D eigenvalue weighted by Gasteiger charge is -2.03. The quantitative estimate of drug-likeness (QED) is 0.227. The van der Waals surface area contributed by atoms with E-state index >= 15 is 0 Å². The van der Waals surface area contributed by atoms with E-state index < -0.39 is 7.60 Å². The molecule has 0 bridgehead atoms. The van der Waals surface area contributed by atoms with Crippen LogP contribution in [-0.4, -0.2) is 15.9 Å². The molecule has 0 amide bonds. The van der Waals surface area contributed by atoms with Crippen LogP contribution in [0.2, 0.25) is 0 Å². The van der Waals surface area contributed by atoms with Crippen LogP contribution < -0.4 is 0 Å². The fraction of sp³-hybridized carbons (Fsp3) is 0.882. The van der Waals surface area contributed by atoms with Crippen molar-refractivity contribution in [3.05, 3.63) is 12.2 Å². The smallest absolute Gasteiger partial charge is 0.324 e. The fourth-order valence-corrected chi connectivity index (χ4v) is 3.02. The van der Waals surface area contributed by atoms with Crippen LogP contribution >= 0.6 is 7.60 Å². The second-order valence-corrected chi connectivity index (χ2v) is 7.75. The second kappa shape index (κ2) is 14.8. The Hall–Kier alpha value is -0.110. The van der Waals surface area contributed by atoms with Gasteiger partial charge < -0.3 is 9.79 Å². The zero-order chi connectivity index (χ0) is 15.8.